The van der Waals surface area contributed by atoms with Crippen LogP contribution < -0.4 is 4.31 Å². The summed E-state index contributed by atoms with van der Waals surface area (Å²) < 4.78 is 41.4. The van der Waals surface area contributed by atoms with Gasteiger partial charge in [0.1, 0.15) is 17.4 Å². The van der Waals surface area contributed by atoms with E-state index in [0.29, 0.717) is 22.6 Å². The Morgan fingerprint density at radius 1 is 1.07 bits per heavy atom. The molecule has 3 aromatic rings. The number of anilines is 1. The molecule has 1 aromatic heterocycles. The number of hydrogen-bond donors (Lipinski definition) is 0. The summed E-state index contributed by atoms with van der Waals surface area (Å²) in [5.74, 6) is 0.534. The second-order valence-electron chi connectivity index (χ2n) is 8.94. The average Bonchev–Trinajstić information content (AvgIpc) is 3.02. The zero-order valence-corrected chi connectivity index (χ0v) is 18.6. The van der Waals surface area contributed by atoms with Crippen molar-refractivity contribution in [2.24, 2.45) is 5.41 Å². The Morgan fingerprint density at radius 2 is 1.73 bits per heavy atom. The Labute approximate surface area is 178 Å². The molecule has 0 aliphatic carbocycles. The van der Waals surface area contributed by atoms with Crippen LogP contribution in [0.25, 0.3) is 11.0 Å². The standard InChI is InChI=1S/C24H27NO4S/c1-16-10-12-18(13-11-16)30(26,27)25-14-17(2)15-28-23(24(3,4)5)22-21(25)19-8-6-7-9-20(19)29-22/h6-13,23H,2,14-15H2,1,3-5H3. The van der Waals surface area contributed by atoms with Gasteiger partial charge in [-0.25, -0.2) is 8.42 Å². The normalized spacial score (nSPS) is 18.2. The lowest BCUT2D eigenvalue weighted by Crippen LogP contribution is -2.37. The minimum Gasteiger partial charge on any atom is -0.456 e. The van der Waals surface area contributed by atoms with Crippen LogP contribution in [0.15, 0.2) is 70.0 Å². The Balaban J connectivity index is 2.01. The van der Waals surface area contributed by atoms with Crippen LogP contribution in [0, 0.1) is 12.3 Å². The number of rotatable bonds is 2. The van der Waals surface area contributed by atoms with Gasteiger partial charge in [-0.1, -0.05) is 57.2 Å². The van der Waals surface area contributed by atoms with Gasteiger partial charge in [-0.15, -0.1) is 0 Å². The molecule has 0 radical (unpaired) electrons. The van der Waals surface area contributed by atoms with E-state index in [9.17, 15) is 8.42 Å². The second-order valence-corrected chi connectivity index (χ2v) is 10.8. The summed E-state index contributed by atoms with van der Waals surface area (Å²) in [7, 11) is -3.84. The second kappa shape index (κ2) is 7.29. The first kappa shape index (κ1) is 20.7. The molecular formula is C24H27NO4S. The average molecular weight is 426 g/mol. The van der Waals surface area contributed by atoms with Crippen molar-refractivity contribution in [2.45, 2.75) is 38.7 Å². The zero-order chi connectivity index (χ0) is 21.7. The van der Waals surface area contributed by atoms with E-state index in [-0.39, 0.29) is 23.5 Å². The van der Waals surface area contributed by atoms with Gasteiger partial charge in [-0.2, -0.15) is 0 Å². The molecule has 1 atom stereocenters. The van der Waals surface area contributed by atoms with Crippen molar-refractivity contribution in [2.75, 3.05) is 17.5 Å². The van der Waals surface area contributed by atoms with Crippen molar-refractivity contribution < 1.29 is 17.6 Å². The van der Waals surface area contributed by atoms with Gasteiger partial charge in [-0.3, -0.25) is 4.31 Å². The van der Waals surface area contributed by atoms with E-state index in [2.05, 4.69) is 27.4 Å². The lowest BCUT2D eigenvalue weighted by molar-refractivity contribution is -0.0220. The fourth-order valence-corrected chi connectivity index (χ4v) is 5.29. The monoisotopic (exact) mass is 425 g/mol. The number of benzene rings is 2. The van der Waals surface area contributed by atoms with Crippen LogP contribution in [0.3, 0.4) is 0 Å². The van der Waals surface area contributed by atoms with Crippen LogP contribution in [0.5, 0.6) is 0 Å². The largest absolute Gasteiger partial charge is 0.456 e. The van der Waals surface area contributed by atoms with Gasteiger partial charge in [0.2, 0.25) is 0 Å². The number of furan rings is 1. The number of ether oxygens (including phenoxy) is 1. The van der Waals surface area contributed by atoms with E-state index in [1.54, 1.807) is 24.3 Å². The number of hydrogen-bond acceptors (Lipinski definition) is 4. The first-order chi connectivity index (χ1) is 14.1. The maximum atomic E-state index is 13.8. The minimum absolute atomic E-state index is 0.129. The summed E-state index contributed by atoms with van der Waals surface area (Å²) in [5.41, 5.74) is 2.56. The van der Waals surface area contributed by atoms with E-state index in [1.165, 1.54) is 4.31 Å². The third-order valence-corrected chi connectivity index (χ3v) is 7.06. The van der Waals surface area contributed by atoms with E-state index in [4.69, 9.17) is 9.15 Å². The predicted octanol–water partition coefficient (Wildman–Crippen LogP) is 5.61. The highest BCUT2D eigenvalue weighted by Gasteiger charge is 2.40. The summed E-state index contributed by atoms with van der Waals surface area (Å²) >= 11 is 0. The summed E-state index contributed by atoms with van der Waals surface area (Å²) in [6, 6.07) is 14.4. The summed E-state index contributed by atoms with van der Waals surface area (Å²) in [6.45, 7) is 12.6. The maximum Gasteiger partial charge on any atom is 0.264 e. The molecule has 0 saturated carbocycles. The summed E-state index contributed by atoms with van der Waals surface area (Å²) in [6.07, 6.45) is -0.423. The maximum absolute atomic E-state index is 13.8. The van der Waals surface area contributed by atoms with Crippen LogP contribution in [-0.2, 0) is 14.8 Å². The van der Waals surface area contributed by atoms with Crippen molar-refractivity contribution in [1.82, 2.24) is 0 Å². The molecule has 0 bridgehead atoms. The van der Waals surface area contributed by atoms with Crippen LogP contribution in [0.4, 0.5) is 5.69 Å². The van der Waals surface area contributed by atoms with Gasteiger partial charge in [0.15, 0.2) is 5.76 Å². The van der Waals surface area contributed by atoms with E-state index in [0.717, 1.165) is 10.9 Å². The molecule has 0 fully saturated rings. The van der Waals surface area contributed by atoms with Crippen LogP contribution in [0.1, 0.15) is 38.2 Å². The highest BCUT2D eigenvalue weighted by atomic mass is 32.2. The van der Waals surface area contributed by atoms with Crippen molar-refractivity contribution in [3.63, 3.8) is 0 Å². The quantitative estimate of drug-likeness (QED) is 0.501. The molecule has 5 nitrogen and oxygen atoms in total. The number of sulfonamides is 1. The number of para-hydroxylation sites is 1. The molecule has 30 heavy (non-hydrogen) atoms. The van der Waals surface area contributed by atoms with Crippen molar-refractivity contribution in [3.8, 4) is 0 Å². The van der Waals surface area contributed by atoms with Crippen LogP contribution in [0.2, 0.25) is 0 Å². The third kappa shape index (κ3) is 3.55. The van der Waals surface area contributed by atoms with Crippen molar-refractivity contribution >= 4 is 26.7 Å². The number of fused-ring (bicyclic) bond motifs is 3. The Morgan fingerprint density at radius 3 is 2.40 bits per heavy atom. The molecule has 0 saturated heterocycles. The molecule has 1 unspecified atom stereocenters. The summed E-state index contributed by atoms with van der Waals surface area (Å²) in [4.78, 5) is 0.242. The molecule has 1 aliphatic rings. The van der Waals surface area contributed by atoms with E-state index >= 15 is 0 Å². The molecule has 0 spiro atoms. The smallest absolute Gasteiger partial charge is 0.264 e. The highest BCUT2D eigenvalue weighted by molar-refractivity contribution is 7.92. The Kier molecular flexibility index (Phi) is 5.03. The lowest BCUT2D eigenvalue weighted by Gasteiger charge is -2.35. The molecule has 2 heterocycles. The fourth-order valence-electron chi connectivity index (χ4n) is 3.78. The highest BCUT2D eigenvalue weighted by Crippen LogP contribution is 2.47. The molecule has 0 amide bonds. The fraction of sp³-hybridized carbons (Fsp3) is 0.333. The lowest BCUT2D eigenvalue weighted by atomic mass is 9.86. The van der Waals surface area contributed by atoms with Gasteiger partial charge in [0.05, 0.1) is 18.0 Å². The molecule has 2 aromatic carbocycles. The van der Waals surface area contributed by atoms with Gasteiger partial charge in [0, 0.05) is 5.39 Å². The van der Waals surface area contributed by atoms with Crippen LogP contribution in [-0.4, -0.2) is 21.6 Å². The van der Waals surface area contributed by atoms with Crippen molar-refractivity contribution in [3.05, 3.63) is 72.0 Å². The van der Waals surface area contributed by atoms with Gasteiger partial charge >= 0.3 is 0 Å². The molecular weight excluding hydrogens is 398 g/mol. The van der Waals surface area contributed by atoms with E-state index in [1.807, 2.05) is 31.2 Å². The Hall–Kier alpha value is -2.57. The SMILES string of the molecule is C=C1COC(C(C)(C)C)c2oc3ccccc3c2N(S(=O)(=O)c2ccc(C)cc2)C1. The minimum atomic E-state index is -3.84. The van der Waals surface area contributed by atoms with Crippen LogP contribution >= 0.6 is 0 Å². The van der Waals surface area contributed by atoms with Crippen molar-refractivity contribution in [1.29, 1.82) is 0 Å². The zero-order valence-electron chi connectivity index (χ0n) is 17.8. The van der Waals surface area contributed by atoms with Gasteiger partial charge < -0.3 is 9.15 Å². The molecule has 4 rings (SSSR count). The van der Waals surface area contributed by atoms with Gasteiger partial charge in [-0.05, 0) is 42.2 Å². The summed E-state index contributed by atoms with van der Waals surface area (Å²) in [5, 5.41) is 0.746. The third-order valence-electron chi connectivity index (χ3n) is 5.30. The first-order valence-corrected chi connectivity index (χ1v) is 11.4. The molecule has 1 aliphatic heterocycles. The van der Waals surface area contributed by atoms with Gasteiger partial charge in [0.25, 0.3) is 10.0 Å². The predicted molar refractivity (Wildman–Crippen MR) is 119 cm³/mol. The Bertz CT molecular complexity index is 1200. The molecule has 158 valence electrons. The van der Waals surface area contributed by atoms with E-state index < -0.39 is 16.1 Å². The topological polar surface area (TPSA) is 59.8 Å². The first-order valence-electron chi connectivity index (χ1n) is 9.98. The number of nitrogens with zero attached hydrogens (tertiary/aromatic N) is 1. The number of aryl methyl sites for hydroxylation is 1. The molecule has 6 heteroatoms. The molecule has 0 N–H and O–H groups in total.